The molecule has 3 aromatic carbocycles. The van der Waals surface area contributed by atoms with Gasteiger partial charge in [0, 0.05) is 16.3 Å². The molecule has 0 amide bonds. The summed E-state index contributed by atoms with van der Waals surface area (Å²) in [5.74, 6) is 0. The molecular weight excluding hydrogens is 352 g/mol. The van der Waals surface area contributed by atoms with Crippen molar-refractivity contribution in [3.05, 3.63) is 96.1 Å². The Morgan fingerprint density at radius 1 is 0.481 bits per heavy atom. The third kappa shape index (κ3) is 2.94. The Labute approximate surface area is 162 Å². The quantitative estimate of drug-likeness (QED) is 0.254. The maximum Gasteiger partial charge on any atom is 0.129 e. The molecule has 5 aromatic rings. The Bertz CT molecular complexity index is 1260. The van der Waals surface area contributed by atoms with E-state index in [9.17, 15) is 0 Å². The minimum atomic E-state index is 0.481. The van der Waals surface area contributed by atoms with Gasteiger partial charge in [-0.15, -0.1) is 0 Å². The van der Waals surface area contributed by atoms with Gasteiger partial charge >= 0.3 is 0 Å². The van der Waals surface area contributed by atoms with Crippen molar-refractivity contribution >= 4 is 33.4 Å². The summed E-state index contributed by atoms with van der Waals surface area (Å²) in [6.45, 7) is 0. The van der Waals surface area contributed by atoms with E-state index in [4.69, 9.17) is 16.6 Å². The van der Waals surface area contributed by atoms with Crippen LogP contribution in [0.25, 0.3) is 44.2 Å². The van der Waals surface area contributed by atoms with Crippen LogP contribution in [-0.4, -0.2) is 9.97 Å². The number of pyridine rings is 2. The van der Waals surface area contributed by atoms with Gasteiger partial charge in [-0.05, 0) is 29.3 Å². The lowest BCUT2D eigenvalue weighted by molar-refractivity contribution is 1.37. The number of benzene rings is 3. The van der Waals surface area contributed by atoms with Gasteiger partial charge in [0.15, 0.2) is 0 Å². The molecule has 0 radical (unpaired) electrons. The molecule has 2 aromatic heterocycles. The van der Waals surface area contributed by atoms with Crippen LogP contribution in [0.5, 0.6) is 0 Å². The lowest BCUT2D eigenvalue weighted by Gasteiger charge is -2.07. The number of halogens is 1. The van der Waals surface area contributed by atoms with E-state index in [1.807, 2.05) is 18.2 Å². The summed E-state index contributed by atoms with van der Waals surface area (Å²) in [6.07, 6.45) is 0. The van der Waals surface area contributed by atoms with E-state index < -0.39 is 0 Å². The lowest BCUT2D eigenvalue weighted by Crippen LogP contribution is -1.89. The van der Waals surface area contributed by atoms with Crippen LogP contribution < -0.4 is 0 Å². The van der Waals surface area contributed by atoms with Gasteiger partial charge in [0.1, 0.15) is 5.15 Å². The Balaban J connectivity index is 1.62. The first kappa shape index (κ1) is 16.0. The molecule has 0 aliphatic carbocycles. The zero-order valence-electron chi connectivity index (χ0n) is 14.4. The molecule has 2 nitrogen and oxygen atoms in total. The fourth-order valence-electron chi connectivity index (χ4n) is 3.37. The van der Waals surface area contributed by atoms with Gasteiger partial charge in [0.2, 0.25) is 0 Å². The summed E-state index contributed by atoms with van der Waals surface area (Å²) in [5.41, 5.74) is 6.12. The van der Waals surface area contributed by atoms with E-state index in [1.54, 1.807) is 0 Å². The second kappa shape index (κ2) is 6.49. The molecule has 27 heavy (non-hydrogen) atoms. The number of rotatable bonds is 2. The van der Waals surface area contributed by atoms with Crippen molar-refractivity contribution in [2.75, 3.05) is 0 Å². The first-order valence-corrected chi connectivity index (χ1v) is 9.18. The largest absolute Gasteiger partial charge is 0.245 e. The first-order chi connectivity index (χ1) is 13.3. The van der Waals surface area contributed by atoms with E-state index in [1.165, 1.54) is 11.1 Å². The molecule has 0 fully saturated rings. The minimum absolute atomic E-state index is 0.481. The summed E-state index contributed by atoms with van der Waals surface area (Å²) in [6, 6.07) is 30.9. The molecule has 0 aliphatic rings. The van der Waals surface area contributed by atoms with E-state index >= 15 is 0 Å². The van der Waals surface area contributed by atoms with Crippen LogP contribution >= 0.6 is 11.6 Å². The van der Waals surface area contributed by atoms with Crippen LogP contribution in [0.4, 0.5) is 0 Å². The summed E-state index contributed by atoms with van der Waals surface area (Å²) in [4.78, 5) is 9.39. The van der Waals surface area contributed by atoms with Gasteiger partial charge in [-0.3, -0.25) is 0 Å². The maximum atomic E-state index is 6.11. The third-order valence-electron chi connectivity index (χ3n) is 4.77. The van der Waals surface area contributed by atoms with Gasteiger partial charge in [0.25, 0.3) is 0 Å². The van der Waals surface area contributed by atoms with E-state index in [0.717, 1.165) is 33.1 Å². The van der Waals surface area contributed by atoms with Crippen molar-refractivity contribution in [1.29, 1.82) is 0 Å². The molecule has 0 spiro atoms. The molecule has 0 aliphatic heterocycles. The van der Waals surface area contributed by atoms with E-state index in [2.05, 4.69) is 77.8 Å². The molecule has 0 saturated heterocycles. The first-order valence-electron chi connectivity index (χ1n) is 8.80. The molecule has 5 rings (SSSR count). The highest BCUT2D eigenvalue weighted by molar-refractivity contribution is 6.30. The van der Waals surface area contributed by atoms with Crippen molar-refractivity contribution in [1.82, 2.24) is 9.97 Å². The van der Waals surface area contributed by atoms with Crippen LogP contribution in [0.3, 0.4) is 0 Å². The Hall–Kier alpha value is -3.23. The number of hydrogen-bond acceptors (Lipinski definition) is 2. The van der Waals surface area contributed by atoms with Gasteiger partial charge in [-0.2, -0.15) is 0 Å². The summed E-state index contributed by atoms with van der Waals surface area (Å²) < 4.78 is 0. The molecule has 0 N–H and O–H groups in total. The SMILES string of the molecule is Clc1ccc2ccc3ccc(-c4ccc(-c5ccccc5)cc4)nc3c2n1. The van der Waals surface area contributed by atoms with E-state index in [0.29, 0.717) is 5.15 Å². The van der Waals surface area contributed by atoms with Crippen molar-refractivity contribution in [3.8, 4) is 22.4 Å². The van der Waals surface area contributed by atoms with Crippen molar-refractivity contribution in [3.63, 3.8) is 0 Å². The topological polar surface area (TPSA) is 25.8 Å². The lowest BCUT2D eigenvalue weighted by atomic mass is 10.0. The standard InChI is InChI=1S/C24H15ClN2/c25-22-15-13-20-11-10-19-12-14-21(26-23(19)24(20)27-22)18-8-6-17(7-9-18)16-4-2-1-3-5-16/h1-15H. The van der Waals surface area contributed by atoms with Gasteiger partial charge < -0.3 is 0 Å². The zero-order valence-corrected chi connectivity index (χ0v) is 15.2. The molecule has 0 atom stereocenters. The molecule has 0 unspecified atom stereocenters. The highest BCUT2D eigenvalue weighted by atomic mass is 35.5. The van der Waals surface area contributed by atoms with E-state index in [-0.39, 0.29) is 0 Å². The average Bonchev–Trinajstić information content (AvgIpc) is 2.74. The Kier molecular flexibility index (Phi) is 3.84. The number of aromatic nitrogens is 2. The summed E-state index contributed by atoms with van der Waals surface area (Å²) >= 11 is 6.11. The van der Waals surface area contributed by atoms with Crippen molar-refractivity contribution < 1.29 is 0 Å². The summed E-state index contributed by atoms with van der Waals surface area (Å²) in [7, 11) is 0. The second-order valence-corrected chi connectivity index (χ2v) is 6.87. The van der Waals surface area contributed by atoms with Crippen molar-refractivity contribution in [2.24, 2.45) is 0 Å². The van der Waals surface area contributed by atoms with Crippen LogP contribution in [0.15, 0.2) is 91.0 Å². The van der Waals surface area contributed by atoms with Crippen molar-refractivity contribution in [2.45, 2.75) is 0 Å². The Morgan fingerprint density at radius 2 is 1.04 bits per heavy atom. The van der Waals surface area contributed by atoms with Gasteiger partial charge in [-0.25, -0.2) is 9.97 Å². The summed E-state index contributed by atoms with van der Waals surface area (Å²) in [5, 5.41) is 2.58. The number of nitrogens with zero attached hydrogens (tertiary/aromatic N) is 2. The van der Waals surface area contributed by atoms with Gasteiger partial charge in [-0.1, -0.05) is 84.4 Å². The normalized spacial score (nSPS) is 11.1. The average molecular weight is 367 g/mol. The predicted octanol–water partition coefficient (Wildman–Crippen LogP) is 6.77. The third-order valence-corrected chi connectivity index (χ3v) is 4.98. The Morgan fingerprint density at radius 3 is 1.78 bits per heavy atom. The molecule has 3 heteroatoms. The fourth-order valence-corrected chi connectivity index (χ4v) is 3.52. The number of hydrogen-bond donors (Lipinski definition) is 0. The number of fused-ring (bicyclic) bond motifs is 3. The molecular formula is C24H15ClN2. The monoisotopic (exact) mass is 366 g/mol. The molecule has 0 saturated carbocycles. The van der Waals surface area contributed by atoms with Crippen LogP contribution in [0.2, 0.25) is 5.15 Å². The van der Waals surface area contributed by atoms with Crippen LogP contribution in [0, 0.1) is 0 Å². The second-order valence-electron chi connectivity index (χ2n) is 6.48. The highest BCUT2D eigenvalue weighted by Crippen LogP contribution is 2.28. The maximum absolute atomic E-state index is 6.11. The van der Waals surface area contributed by atoms with Crippen LogP contribution in [-0.2, 0) is 0 Å². The molecule has 0 bridgehead atoms. The minimum Gasteiger partial charge on any atom is -0.245 e. The molecule has 128 valence electrons. The van der Waals surface area contributed by atoms with Crippen LogP contribution in [0.1, 0.15) is 0 Å². The molecule has 2 heterocycles. The highest BCUT2D eigenvalue weighted by Gasteiger charge is 2.07. The smallest absolute Gasteiger partial charge is 0.129 e. The van der Waals surface area contributed by atoms with Gasteiger partial charge in [0.05, 0.1) is 16.7 Å². The predicted molar refractivity (Wildman–Crippen MR) is 113 cm³/mol. The zero-order chi connectivity index (χ0) is 18.2. The fraction of sp³-hybridized carbons (Fsp3) is 0.